The third-order valence-electron chi connectivity index (χ3n) is 2.57. The third-order valence-corrected chi connectivity index (χ3v) is 2.57. The Balaban J connectivity index is 2.67. The van der Waals surface area contributed by atoms with E-state index in [9.17, 15) is 14.4 Å². The van der Waals surface area contributed by atoms with Crippen LogP contribution in [-0.4, -0.2) is 44.2 Å². The summed E-state index contributed by atoms with van der Waals surface area (Å²) in [6, 6.07) is 4.73. The molecule has 2 amide bonds. The molecule has 0 saturated heterocycles. The second kappa shape index (κ2) is 9.97. The molecule has 1 aromatic carbocycles. The summed E-state index contributed by atoms with van der Waals surface area (Å²) in [7, 11) is 0. The maximum absolute atomic E-state index is 10.8. The first-order chi connectivity index (χ1) is 11.0. The molecule has 8 nitrogen and oxygen atoms in total. The second-order valence-electron chi connectivity index (χ2n) is 4.50. The van der Waals surface area contributed by atoms with Crippen LogP contribution in [0.2, 0.25) is 0 Å². The number of ether oxygens (including phenoxy) is 2. The zero-order valence-electron chi connectivity index (χ0n) is 13.0. The van der Waals surface area contributed by atoms with E-state index in [0.29, 0.717) is 30.3 Å². The molecule has 124 valence electrons. The monoisotopic (exact) mass is 321 g/mol. The number of hydrogen-bond acceptors (Lipinski definition) is 6. The molecule has 0 saturated carbocycles. The number of hydrogen-bond donors (Lipinski definition) is 2. The van der Waals surface area contributed by atoms with Crippen LogP contribution in [-0.2, 0) is 14.4 Å². The number of carbonyl (C=O) groups excluding carboxylic acids is 3. The van der Waals surface area contributed by atoms with Crippen molar-refractivity contribution in [3.8, 4) is 11.5 Å². The molecule has 8 heteroatoms. The van der Waals surface area contributed by atoms with Crippen LogP contribution < -0.4 is 20.1 Å². The van der Waals surface area contributed by atoms with Crippen molar-refractivity contribution in [2.75, 3.05) is 26.3 Å². The van der Waals surface area contributed by atoms with E-state index in [0.717, 1.165) is 0 Å². The predicted octanol–water partition coefficient (Wildman–Crippen LogP) is 0.684. The van der Waals surface area contributed by atoms with Gasteiger partial charge in [-0.05, 0) is 12.1 Å². The van der Waals surface area contributed by atoms with Gasteiger partial charge in [-0.1, -0.05) is 0 Å². The van der Waals surface area contributed by atoms with Crippen LogP contribution in [0.5, 0.6) is 11.5 Å². The molecule has 23 heavy (non-hydrogen) atoms. The molecule has 0 bridgehead atoms. The van der Waals surface area contributed by atoms with Crippen LogP contribution in [0.4, 0.5) is 5.69 Å². The van der Waals surface area contributed by atoms with E-state index in [-0.39, 0.29) is 25.0 Å². The first kappa shape index (κ1) is 18.2. The van der Waals surface area contributed by atoms with Crippen molar-refractivity contribution in [2.45, 2.75) is 13.8 Å². The summed E-state index contributed by atoms with van der Waals surface area (Å²) in [5, 5.41) is 5.21. The van der Waals surface area contributed by atoms with Crippen LogP contribution in [0.25, 0.3) is 0 Å². The van der Waals surface area contributed by atoms with Crippen molar-refractivity contribution in [1.82, 2.24) is 10.6 Å². The quantitative estimate of drug-likeness (QED) is 0.395. The largest absolute Gasteiger partial charge is 0.488 e. The lowest BCUT2D eigenvalue weighted by molar-refractivity contribution is -0.119. The Kier molecular flexibility index (Phi) is 7.88. The number of rotatable bonds is 9. The van der Waals surface area contributed by atoms with Gasteiger partial charge in [-0.15, -0.1) is 0 Å². The third kappa shape index (κ3) is 7.63. The number of nitrogens with one attached hydrogen (secondary N) is 2. The maximum atomic E-state index is 10.8. The van der Waals surface area contributed by atoms with E-state index < -0.39 is 0 Å². The maximum Gasteiger partial charge on any atom is 0.240 e. The smallest absolute Gasteiger partial charge is 0.240 e. The molecule has 0 aliphatic carbocycles. The Bertz CT molecular complexity index is 597. The summed E-state index contributed by atoms with van der Waals surface area (Å²) in [4.78, 5) is 35.4. The van der Waals surface area contributed by atoms with E-state index >= 15 is 0 Å². The molecule has 1 rings (SSSR count). The summed E-state index contributed by atoms with van der Waals surface area (Å²) in [5.74, 6) is 0.536. The molecule has 0 radical (unpaired) electrons. The molecule has 0 aromatic heterocycles. The average molecular weight is 321 g/mol. The second-order valence-corrected chi connectivity index (χ2v) is 4.50. The normalized spacial score (nSPS) is 9.48. The fraction of sp³-hybridized carbons (Fsp3) is 0.400. The highest BCUT2D eigenvalue weighted by molar-refractivity contribution is 5.73. The van der Waals surface area contributed by atoms with E-state index in [2.05, 4.69) is 15.6 Å². The van der Waals surface area contributed by atoms with Gasteiger partial charge in [0.1, 0.15) is 13.2 Å². The summed E-state index contributed by atoms with van der Waals surface area (Å²) in [6.45, 7) is 4.02. The van der Waals surface area contributed by atoms with Crippen LogP contribution in [0, 0.1) is 0 Å². The standard InChI is InChI=1S/C15H19N3O5/c1-11(20)16-5-7-22-14-4-3-13(18-10-19)9-15(14)23-8-6-17-12(2)21/h3-4,9H,5-8H2,1-2H3,(H,16,20)(H,17,21). The molecule has 2 N–H and O–H groups in total. The highest BCUT2D eigenvalue weighted by Crippen LogP contribution is 2.31. The van der Waals surface area contributed by atoms with Gasteiger partial charge in [0.05, 0.1) is 18.8 Å². The fourth-order valence-electron chi connectivity index (χ4n) is 1.63. The zero-order valence-corrected chi connectivity index (χ0v) is 13.0. The number of benzene rings is 1. The molecule has 0 fully saturated rings. The summed E-state index contributed by atoms with van der Waals surface area (Å²) >= 11 is 0. The highest BCUT2D eigenvalue weighted by Gasteiger charge is 2.07. The highest BCUT2D eigenvalue weighted by atomic mass is 16.5. The van der Waals surface area contributed by atoms with Crippen molar-refractivity contribution >= 4 is 23.6 Å². The minimum atomic E-state index is -0.153. The first-order valence-corrected chi connectivity index (χ1v) is 6.99. The number of aliphatic imine (C=N–C) groups is 1. The fourth-order valence-corrected chi connectivity index (χ4v) is 1.63. The van der Waals surface area contributed by atoms with E-state index in [1.54, 1.807) is 12.1 Å². The Morgan fingerprint density at radius 3 is 2.13 bits per heavy atom. The van der Waals surface area contributed by atoms with Gasteiger partial charge < -0.3 is 20.1 Å². The van der Waals surface area contributed by atoms with Gasteiger partial charge in [0.2, 0.25) is 17.9 Å². The predicted molar refractivity (Wildman–Crippen MR) is 82.6 cm³/mol. The van der Waals surface area contributed by atoms with Crippen molar-refractivity contribution < 1.29 is 23.9 Å². The van der Waals surface area contributed by atoms with Gasteiger partial charge in [0, 0.05) is 19.9 Å². The molecule has 1 aromatic rings. The van der Waals surface area contributed by atoms with Crippen LogP contribution >= 0.6 is 0 Å². The lowest BCUT2D eigenvalue weighted by Gasteiger charge is -2.13. The molecule has 0 unspecified atom stereocenters. The topological polar surface area (TPSA) is 106 Å². The average Bonchev–Trinajstić information content (AvgIpc) is 2.49. The van der Waals surface area contributed by atoms with Gasteiger partial charge in [-0.25, -0.2) is 4.79 Å². The molecule has 0 aliphatic rings. The molecular formula is C15H19N3O5. The number of isocyanates is 1. The summed E-state index contributed by atoms with van der Waals surface area (Å²) in [6.07, 6.45) is 1.45. The molecule has 0 atom stereocenters. The first-order valence-electron chi connectivity index (χ1n) is 6.99. The van der Waals surface area contributed by atoms with Gasteiger partial charge in [0.25, 0.3) is 0 Å². The Hall–Kier alpha value is -2.86. The molecule has 0 heterocycles. The molecule has 0 spiro atoms. The van der Waals surface area contributed by atoms with Crippen molar-refractivity contribution in [3.05, 3.63) is 18.2 Å². The van der Waals surface area contributed by atoms with E-state index in [1.807, 2.05) is 0 Å². The summed E-state index contributed by atoms with van der Waals surface area (Å²) < 4.78 is 11.1. The molecular weight excluding hydrogens is 302 g/mol. The number of carbonyl (C=O) groups is 2. The van der Waals surface area contributed by atoms with Gasteiger partial charge in [-0.2, -0.15) is 4.99 Å². The Morgan fingerprint density at radius 2 is 1.61 bits per heavy atom. The van der Waals surface area contributed by atoms with Gasteiger partial charge >= 0.3 is 0 Å². The van der Waals surface area contributed by atoms with Crippen molar-refractivity contribution in [1.29, 1.82) is 0 Å². The lowest BCUT2D eigenvalue weighted by Crippen LogP contribution is -2.26. The minimum absolute atomic E-state index is 0.143. The zero-order chi connectivity index (χ0) is 17.1. The van der Waals surface area contributed by atoms with Crippen LogP contribution in [0.3, 0.4) is 0 Å². The Labute approximate surface area is 133 Å². The van der Waals surface area contributed by atoms with Crippen molar-refractivity contribution in [2.24, 2.45) is 4.99 Å². The summed E-state index contributed by atoms with van der Waals surface area (Å²) in [5.41, 5.74) is 0.378. The molecule has 0 aliphatic heterocycles. The van der Waals surface area contributed by atoms with E-state index in [1.165, 1.54) is 26.0 Å². The van der Waals surface area contributed by atoms with E-state index in [4.69, 9.17) is 9.47 Å². The lowest BCUT2D eigenvalue weighted by atomic mass is 10.3. The van der Waals surface area contributed by atoms with Crippen LogP contribution in [0.1, 0.15) is 13.8 Å². The van der Waals surface area contributed by atoms with Gasteiger partial charge in [0.15, 0.2) is 11.5 Å². The number of amides is 2. The number of nitrogens with zero attached hydrogens (tertiary/aromatic N) is 1. The minimum Gasteiger partial charge on any atom is -0.488 e. The van der Waals surface area contributed by atoms with Crippen LogP contribution in [0.15, 0.2) is 23.2 Å². The van der Waals surface area contributed by atoms with Crippen molar-refractivity contribution in [3.63, 3.8) is 0 Å². The SMILES string of the molecule is CC(=O)NCCOc1ccc(N=C=O)cc1OCCNC(C)=O. The van der Waals surface area contributed by atoms with Gasteiger partial charge in [-0.3, -0.25) is 9.59 Å². The Morgan fingerprint density at radius 1 is 1.04 bits per heavy atom.